The fourth-order valence-electron chi connectivity index (χ4n) is 5.19. The van der Waals surface area contributed by atoms with Crippen LogP contribution in [-0.4, -0.2) is 59.3 Å². The average molecular weight is 543 g/mol. The second-order valence-electron chi connectivity index (χ2n) is 10.1. The molecule has 0 bridgehead atoms. The highest BCUT2D eigenvalue weighted by molar-refractivity contribution is 7.84. The van der Waals surface area contributed by atoms with Gasteiger partial charge in [-0.15, -0.1) is 0 Å². The first kappa shape index (κ1) is 28.0. The van der Waals surface area contributed by atoms with Gasteiger partial charge in [-0.1, -0.05) is 30.8 Å². The summed E-state index contributed by atoms with van der Waals surface area (Å²) in [5, 5.41) is 19.8. The fraction of sp³-hybridized carbons (Fsp3) is 0.481. The predicted octanol–water partition coefficient (Wildman–Crippen LogP) is 3.53. The van der Waals surface area contributed by atoms with Gasteiger partial charge in [0.1, 0.15) is 17.8 Å². The number of fused-ring (bicyclic) bond motifs is 2. The summed E-state index contributed by atoms with van der Waals surface area (Å²) in [6.45, 7) is 8.79. The fourth-order valence-corrected chi connectivity index (χ4v) is 5.55. The average Bonchev–Trinajstić information content (AvgIpc) is 3.59. The Hall–Kier alpha value is -2.99. The number of nitrogens with zero attached hydrogens (tertiary/aromatic N) is 4. The standard InChI is InChI=1S/C21H25N5O4S.C6H13N/c22-31(28,29)30-11-14-9-15(10-19(14)27)26-8-7-17-20(23-12-24-21(17)26)25-18-6-5-13-3-1-2-4-16(13)18;1-5-7(4)6(2)3/h1-4,7-8,12,14-15,18-19,27H,5-6,9-11H2,(H2,22,28,29)(H,23,24,25);2,5H2,1,3-4H3/t14-,15?,18-,19-;/m0./s1. The summed E-state index contributed by atoms with van der Waals surface area (Å²) >= 11 is 0. The molecule has 0 aliphatic heterocycles. The van der Waals surface area contributed by atoms with Gasteiger partial charge >= 0.3 is 10.3 Å². The van der Waals surface area contributed by atoms with Gasteiger partial charge in [0.15, 0.2) is 0 Å². The van der Waals surface area contributed by atoms with Gasteiger partial charge in [-0.25, -0.2) is 15.1 Å². The first-order valence-corrected chi connectivity index (χ1v) is 14.4. The van der Waals surface area contributed by atoms with Gasteiger partial charge in [0.25, 0.3) is 0 Å². The van der Waals surface area contributed by atoms with E-state index in [9.17, 15) is 13.5 Å². The van der Waals surface area contributed by atoms with E-state index in [-0.39, 0.29) is 24.6 Å². The maximum Gasteiger partial charge on any atom is 0.333 e. The minimum atomic E-state index is -4.03. The Balaban J connectivity index is 0.000000426. The van der Waals surface area contributed by atoms with Gasteiger partial charge in [-0.3, -0.25) is 4.18 Å². The number of benzene rings is 1. The molecule has 5 rings (SSSR count). The number of nitrogens with two attached hydrogens (primary N) is 1. The molecule has 2 aromatic heterocycles. The molecule has 3 aromatic rings. The van der Waals surface area contributed by atoms with Crippen LogP contribution in [0.15, 0.2) is 55.1 Å². The van der Waals surface area contributed by atoms with Crippen LogP contribution in [0.25, 0.3) is 11.0 Å². The van der Waals surface area contributed by atoms with Crippen molar-refractivity contribution in [1.82, 2.24) is 19.4 Å². The Bertz CT molecular complexity index is 1370. The van der Waals surface area contributed by atoms with Crippen LogP contribution in [-0.2, 0) is 20.9 Å². The lowest BCUT2D eigenvalue weighted by Crippen LogP contribution is -2.24. The van der Waals surface area contributed by atoms with Crippen molar-refractivity contribution in [3.63, 3.8) is 0 Å². The molecular formula is C27H38N6O4S. The Labute approximate surface area is 224 Å². The number of aromatic nitrogens is 3. The van der Waals surface area contributed by atoms with E-state index < -0.39 is 16.4 Å². The Kier molecular flexibility index (Phi) is 8.71. The lowest BCUT2D eigenvalue weighted by molar-refractivity contribution is 0.100. The van der Waals surface area contributed by atoms with Crippen LogP contribution in [0.3, 0.4) is 0 Å². The number of rotatable bonds is 8. The van der Waals surface area contributed by atoms with E-state index in [2.05, 4.69) is 58.0 Å². The van der Waals surface area contributed by atoms with Crippen molar-refractivity contribution in [3.8, 4) is 0 Å². The molecule has 1 saturated carbocycles. The van der Waals surface area contributed by atoms with Crippen LogP contribution in [0.5, 0.6) is 0 Å². The second kappa shape index (κ2) is 11.8. The highest BCUT2D eigenvalue weighted by atomic mass is 32.2. The summed E-state index contributed by atoms with van der Waals surface area (Å²) in [6, 6.07) is 10.6. The Morgan fingerprint density at radius 3 is 2.74 bits per heavy atom. The summed E-state index contributed by atoms with van der Waals surface area (Å²) in [5.74, 6) is 0.480. The van der Waals surface area contributed by atoms with Gasteiger partial charge < -0.3 is 19.9 Å². The van der Waals surface area contributed by atoms with Gasteiger partial charge in [-0.2, -0.15) is 8.42 Å². The molecule has 0 amide bonds. The van der Waals surface area contributed by atoms with Crippen molar-refractivity contribution < 1.29 is 17.7 Å². The van der Waals surface area contributed by atoms with Crippen LogP contribution in [0.2, 0.25) is 0 Å². The zero-order valence-electron chi connectivity index (χ0n) is 22.2. The van der Waals surface area contributed by atoms with Gasteiger partial charge in [0.05, 0.1) is 24.1 Å². The summed E-state index contributed by atoms with van der Waals surface area (Å²) in [4.78, 5) is 11.1. The van der Waals surface area contributed by atoms with Crippen molar-refractivity contribution in [2.45, 2.75) is 57.7 Å². The highest BCUT2D eigenvalue weighted by Gasteiger charge is 2.35. The molecule has 2 aliphatic carbocycles. The molecule has 11 heteroatoms. The molecule has 2 aliphatic rings. The minimum absolute atomic E-state index is 0.0171. The van der Waals surface area contributed by atoms with Gasteiger partial charge in [-0.05, 0) is 56.7 Å². The molecular weight excluding hydrogens is 504 g/mol. The van der Waals surface area contributed by atoms with Crippen molar-refractivity contribution in [3.05, 3.63) is 66.3 Å². The zero-order chi connectivity index (χ0) is 27.4. The summed E-state index contributed by atoms with van der Waals surface area (Å²) in [7, 11) is -2.00. The van der Waals surface area contributed by atoms with Crippen LogP contribution in [0.1, 0.15) is 56.3 Å². The number of anilines is 1. The van der Waals surface area contributed by atoms with Gasteiger partial charge in [0, 0.05) is 37.4 Å². The number of allylic oxidation sites excluding steroid dienone is 1. The summed E-state index contributed by atoms with van der Waals surface area (Å²) < 4.78 is 28.9. The lowest BCUT2D eigenvalue weighted by atomic mass is 10.1. The quantitative estimate of drug-likeness (QED) is 0.393. The molecule has 4 atom stereocenters. The SMILES string of the molecule is C=C(C)N(C)CC.NS(=O)(=O)OC[C@@H]1CC(n2ccc3c(N[C@H]4CCc5ccccc54)ncnc32)C[C@@H]1O. The predicted molar refractivity (Wildman–Crippen MR) is 149 cm³/mol. The van der Waals surface area contributed by atoms with E-state index in [4.69, 9.17) is 9.32 Å². The van der Waals surface area contributed by atoms with E-state index >= 15 is 0 Å². The third-order valence-electron chi connectivity index (χ3n) is 7.55. The highest BCUT2D eigenvalue weighted by Crippen LogP contribution is 2.39. The molecule has 206 valence electrons. The molecule has 0 radical (unpaired) electrons. The van der Waals surface area contributed by atoms with Crippen molar-refractivity contribution in [2.75, 3.05) is 25.5 Å². The lowest BCUT2D eigenvalue weighted by Gasteiger charge is -2.16. The van der Waals surface area contributed by atoms with E-state index in [1.807, 2.05) is 30.8 Å². The minimum Gasteiger partial charge on any atom is -0.393 e. The van der Waals surface area contributed by atoms with Gasteiger partial charge in [0.2, 0.25) is 0 Å². The Morgan fingerprint density at radius 1 is 1.29 bits per heavy atom. The topological polar surface area (TPSA) is 136 Å². The van der Waals surface area contributed by atoms with Crippen LogP contribution >= 0.6 is 0 Å². The van der Waals surface area contributed by atoms with Crippen LogP contribution < -0.4 is 10.5 Å². The normalized spacial score (nSPS) is 22.6. The smallest absolute Gasteiger partial charge is 0.333 e. The maximum atomic E-state index is 11.1. The largest absolute Gasteiger partial charge is 0.393 e. The summed E-state index contributed by atoms with van der Waals surface area (Å²) in [5.41, 5.74) is 4.59. The van der Waals surface area contributed by atoms with Crippen LogP contribution in [0, 0.1) is 5.92 Å². The zero-order valence-corrected chi connectivity index (χ0v) is 23.1. The third-order valence-corrected chi connectivity index (χ3v) is 8.02. The van der Waals surface area contributed by atoms with E-state index in [0.717, 1.165) is 41.9 Å². The molecule has 0 spiro atoms. The van der Waals surface area contributed by atoms with Crippen molar-refractivity contribution in [2.24, 2.45) is 11.1 Å². The molecule has 4 N–H and O–H groups in total. The second-order valence-corrected chi connectivity index (χ2v) is 11.3. The summed E-state index contributed by atoms with van der Waals surface area (Å²) in [6.07, 6.45) is 5.96. The van der Waals surface area contributed by atoms with Crippen molar-refractivity contribution >= 4 is 27.2 Å². The van der Waals surface area contributed by atoms with Crippen LogP contribution in [0.4, 0.5) is 5.82 Å². The molecule has 2 heterocycles. The molecule has 1 unspecified atom stereocenters. The maximum absolute atomic E-state index is 11.1. The van der Waals surface area contributed by atoms with E-state index in [1.165, 1.54) is 11.1 Å². The third kappa shape index (κ3) is 6.52. The van der Waals surface area contributed by atoms with Crippen molar-refractivity contribution in [1.29, 1.82) is 0 Å². The number of hydrogen-bond donors (Lipinski definition) is 3. The first-order valence-electron chi connectivity index (χ1n) is 12.9. The van der Waals surface area contributed by atoms with E-state index in [1.54, 1.807) is 6.33 Å². The number of aryl methyl sites for hydroxylation is 1. The number of hydrogen-bond acceptors (Lipinski definition) is 8. The number of aliphatic hydroxyl groups excluding tert-OH is 1. The molecule has 10 nitrogen and oxygen atoms in total. The molecule has 38 heavy (non-hydrogen) atoms. The first-order chi connectivity index (χ1) is 18.1. The molecule has 0 saturated heterocycles. The number of nitrogens with one attached hydrogen (secondary N) is 1. The molecule has 1 aromatic carbocycles. The Morgan fingerprint density at radius 2 is 2.05 bits per heavy atom. The molecule has 1 fully saturated rings. The number of aliphatic hydroxyl groups is 1. The van der Waals surface area contributed by atoms with E-state index in [0.29, 0.717) is 12.8 Å². The monoisotopic (exact) mass is 542 g/mol.